The Kier molecular flexibility index (Phi) is 6.37. The van der Waals surface area contributed by atoms with Crippen LogP contribution in [0.15, 0.2) is 0 Å². The zero-order valence-electron chi connectivity index (χ0n) is 11.4. The fourth-order valence-electron chi connectivity index (χ4n) is 3.23. The van der Waals surface area contributed by atoms with E-state index < -0.39 is 0 Å². The van der Waals surface area contributed by atoms with Crippen molar-refractivity contribution in [2.75, 3.05) is 19.6 Å². The van der Waals surface area contributed by atoms with Crippen LogP contribution in [0.5, 0.6) is 0 Å². The molecule has 2 nitrogen and oxygen atoms in total. The van der Waals surface area contributed by atoms with Gasteiger partial charge in [-0.15, -0.1) is 0 Å². The van der Waals surface area contributed by atoms with Crippen LogP contribution in [0.2, 0.25) is 0 Å². The fourth-order valence-corrected chi connectivity index (χ4v) is 3.23. The van der Waals surface area contributed by atoms with Gasteiger partial charge in [-0.05, 0) is 50.7 Å². The van der Waals surface area contributed by atoms with Crippen LogP contribution in [-0.2, 0) is 0 Å². The Morgan fingerprint density at radius 2 is 1.94 bits per heavy atom. The largest absolute Gasteiger partial charge is 0.330 e. The van der Waals surface area contributed by atoms with Gasteiger partial charge in [0, 0.05) is 6.04 Å². The van der Waals surface area contributed by atoms with Gasteiger partial charge in [0.25, 0.3) is 0 Å². The molecule has 3 atom stereocenters. The third kappa shape index (κ3) is 3.46. The molecule has 1 saturated carbocycles. The first-order valence-electron chi connectivity index (χ1n) is 7.20. The molecule has 16 heavy (non-hydrogen) atoms. The van der Waals surface area contributed by atoms with Crippen LogP contribution in [0.4, 0.5) is 0 Å². The van der Waals surface area contributed by atoms with Crippen LogP contribution in [0.1, 0.15) is 52.9 Å². The molecule has 0 aromatic rings. The van der Waals surface area contributed by atoms with Gasteiger partial charge in [-0.2, -0.15) is 0 Å². The van der Waals surface area contributed by atoms with Crippen LogP contribution in [0, 0.1) is 11.8 Å². The number of nitrogens with zero attached hydrogens (tertiary/aromatic N) is 1. The van der Waals surface area contributed by atoms with Crippen LogP contribution < -0.4 is 5.73 Å². The first-order chi connectivity index (χ1) is 7.76. The molecule has 2 heteroatoms. The summed E-state index contributed by atoms with van der Waals surface area (Å²) >= 11 is 0. The summed E-state index contributed by atoms with van der Waals surface area (Å²) in [6.45, 7) is 10.2. The Bertz CT molecular complexity index is 182. The molecule has 1 rings (SSSR count). The van der Waals surface area contributed by atoms with Crippen molar-refractivity contribution in [3.8, 4) is 0 Å². The average Bonchev–Trinajstić information content (AvgIpc) is 2.35. The lowest BCUT2D eigenvalue weighted by atomic mass is 9.76. The smallest absolute Gasteiger partial charge is 0.0138 e. The van der Waals surface area contributed by atoms with Gasteiger partial charge in [-0.25, -0.2) is 0 Å². The van der Waals surface area contributed by atoms with Gasteiger partial charge in [0.05, 0.1) is 0 Å². The molecule has 1 fully saturated rings. The van der Waals surface area contributed by atoms with Crippen molar-refractivity contribution in [2.24, 2.45) is 17.6 Å². The molecule has 0 radical (unpaired) electrons. The third-order valence-electron chi connectivity index (χ3n) is 4.33. The molecule has 0 aliphatic heterocycles. The predicted molar refractivity (Wildman–Crippen MR) is 71.5 cm³/mol. The Hall–Kier alpha value is -0.0800. The Morgan fingerprint density at radius 3 is 2.44 bits per heavy atom. The zero-order chi connectivity index (χ0) is 12.0. The SMILES string of the molecule is CCCN(CC)C1CC(CC)CCC1CN. The van der Waals surface area contributed by atoms with Crippen molar-refractivity contribution in [1.29, 1.82) is 0 Å². The minimum absolute atomic E-state index is 0.745. The van der Waals surface area contributed by atoms with Gasteiger partial charge in [-0.3, -0.25) is 0 Å². The summed E-state index contributed by atoms with van der Waals surface area (Å²) in [5.41, 5.74) is 5.94. The van der Waals surface area contributed by atoms with E-state index in [0.29, 0.717) is 0 Å². The molecular weight excluding hydrogens is 196 g/mol. The van der Waals surface area contributed by atoms with Gasteiger partial charge < -0.3 is 10.6 Å². The van der Waals surface area contributed by atoms with E-state index in [1.807, 2.05) is 0 Å². The summed E-state index contributed by atoms with van der Waals surface area (Å²) in [6, 6.07) is 0.758. The third-order valence-corrected chi connectivity index (χ3v) is 4.33. The summed E-state index contributed by atoms with van der Waals surface area (Å²) in [5.74, 6) is 1.69. The molecular formula is C14H30N2. The predicted octanol–water partition coefficient (Wildman–Crippen LogP) is 2.87. The minimum atomic E-state index is 0.745. The highest BCUT2D eigenvalue weighted by Crippen LogP contribution is 2.33. The highest BCUT2D eigenvalue weighted by Gasteiger charge is 2.31. The second-order valence-corrected chi connectivity index (χ2v) is 5.28. The van der Waals surface area contributed by atoms with E-state index in [-0.39, 0.29) is 0 Å². The molecule has 2 N–H and O–H groups in total. The maximum atomic E-state index is 5.94. The van der Waals surface area contributed by atoms with Crippen LogP contribution in [-0.4, -0.2) is 30.6 Å². The molecule has 0 spiro atoms. The summed E-state index contributed by atoms with van der Waals surface area (Å²) < 4.78 is 0. The van der Waals surface area contributed by atoms with E-state index >= 15 is 0 Å². The van der Waals surface area contributed by atoms with Crippen molar-refractivity contribution in [1.82, 2.24) is 4.90 Å². The molecule has 96 valence electrons. The maximum Gasteiger partial charge on any atom is 0.0138 e. The Labute approximate surface area is 102 Å². The maximum absolute atomic E-state index is 5.94. The average molecular weight is 226 g/mol. The Morgan fingerprint density at radius 1 is 1.19 bits per heavy atom. The molecule has 0 aromatic carbocycles. The molecule has 0 aromatic heterocycles. The summed E-state index contributed by atoms with van der Waals surface area (Å²) in [4.78, 5) is 2.67. The van der Waals surface area contributed by atoms with Crippen LogP contribution in [0.25, 0.3) is 0 Å². The molecule has 0 amide bonds. The minimum Gasteiger partial charge on any atom is -0.330 e. The molecule has 0 heterocycles. The van der Waals surface area contributed by atoms with E-state index in [2.05, 4.69) is 25.7 Å². The quantitative estimate of drug-likeness (QED) is 0.754. The van der Waals surface area contributed by atoms with Crippen LogP contribution in [0.3, 0.4) is 0 Å². The summed E-state index contributed by atoms with van der Waals surface area (Å²) in [7, 11) is 0. The van der Waals surface area contributed by atoms with Crippen molar-refractivity contribution in [3.05, 3.63) is 0 Å². The van der Waals surface area contributed by atoms with E-state index in [1.54, 1.807) is 0 Å². The highest BCUT2D eigenvalue weighted by molar-refractivity contribution is 4.86. The van der Waals surface area contributed by atoms with Gasteiger partial charge in [-0.1, -0.05) is 33.6 Å². The number of rotatable bonds is 6. The standard InChI is InChI=1S/C14H30N2/c1-4-9-16(6-3)14-10-12(5-2)7-8-13(14)11-15/h12-14H,4-11,15H2,1-3H3. The molecule has 0 saturated heterocycles. The molecule has 3 unspecified atom stereocenters. The highest BCUT2D eigenvalue weighted by atomic mass is 15.2. The zero-order valence-corrected chi connectivity index (χ0v) is 11.4. The lowest BCUT2D eigenvalue weighted by Crippen LogP contribution is -2.47. The molecule has 1 aliphatic rings. The first kappa shape index (κ1) is 14.0. The number of hydrogen-bond donors (Lipinski definition) is 1. The number of nitrogens with two attached hydrogens (primary N) is 1. The first-order valence-corrected chi connectivity index (χ1v) is 7.20. The summed E-state index contributed by atoms with van der Waals surface area (Å²) in [6.07, 6.45) is 6.74. The van der Waals surface area contributed by atoms with Crippen molar-refractivity contribution < 1.29 is 0 Å². The lowest BCUT2D eigenvalue weighted by molar-refractivity contribution is 0.0847. The Balaban J connectivity index is 2.61. The monoisotopic (exact) mass is 226 g/mol. The molecule has 1 aliphatic carbocycles. The van der Waals surface area contributed by atoms with Gasteiger partial charge >= 0.3 is 0 Å². The normalized spacial score (nSPS) is 30.9. The lowest BCUT2D eigenvalue weighted by Gasteiger charge is -2.42. The van der Waals surface area contributed by atoms with E-state index in [9.17, 15) is 0 Å². The number of hydrogen-bond acceptors (Lipinski definition) is 2. The van der Waals surface area contributed by atoms with Gasteiger partial charge in [0.1, 0.15) is 0 Å². The topological polar surface area (TPSA) is 29.3 Å². The van der Waals surface area contributed by atoms with Crippen molar-refractivity contribution >= 4 is 0 Å². The second kappa shape index (κ2) is 7.29. The molecule has 0 bridgehead atoms. The van der Waals surface area contributed by atoms with Gasteiger partial charge in [0.2, 0.25) is 0 Å². The van der Waals surface area contributed by atoms with E-state index in [1.165, 1.54) is 45.2 Å². The van der Waals surface area contributed by atoms with Gasteiger partial charge in [0.15, 0.2) is 0 Å². The second-order valence-electron chi connectivity index (χ2n) is 5.28. The summed E-state index contributed by atoms with van der Waals surface area (Å²) in [5, 5.41) is 0. The fraction of sp³-hybridized carbons (Fsp3) is 1.00. The van der Waals surface area contributed by atoms with Crippen molar-refractivity contribution in [2.45, 2.75) is 58.9 Å². The van der Waals surface area contributed by atoms with Crippen LogP contribution >= 0.6 is 0 Å². The van der Waals surface area contributed by atoms with E-state index in [0.717, 1.165) is 24.4 Å². The van der Waals surface area contributed by atoms with Crippen molar-refractivity contribution in [3.63, 3.8) is 0 Å². The van der Waals surface area contributed by atoms with E-state index in [4.69, 9.17) is 5.73 Å².